The van der Waals surface area contributed by atoms with Gasteiger partial charge >= 0.3 is 0 Å². The van der Waals surface area contributed by atoms with E-state index in [4.69, 9.17) is 0 Å². The van der Waals surface area contributed by atoms with Crippen LogP contribution >= 0.6 is 11.8 Å². The molecule has 0 amide bonds. The standard InChI is InChI=1S/C8H12N2S/c1-2-8(11-5-1)6-10-4-3-9-7-10/h3-4,7-8H,1-2,5-6H2. The fourth-order valence-corrected chi connectivity index (χ4v) is 2.70. The molecule has 1 fully saturated rings. The summed E-state index contributed by atoms with van der Waals surface area (Å²) in [7, 11) is 0. The van der Waals surface area contributed by atoms with E-state index in [9.17, 15) is 0 Å². The van der Waals surface area contributed by atoms with E-state index in [2.05, 4.69) is 21.3 Å². The maximum Gasteiger partial charge on any atom is 0.0946 e. The Hall–Kier alpha value is -0.440. The van der Waals surface area contributed by atoms with Crippen LogP contribution in [0.2, 0.25) is 0 Å². The van der Waals surface area contributed by atoms with Crippen LogP contribution in [-0.2, 0) is 6.54 Å². The SMILES string of the molecule is c1cn(CC2CCCS2)cn1. The molecular formula is C8H12N2S. The smallest absolute Gasteiger partial charge is 0.0946 e. The van der Waals surface area contributed by atoms with Gasteiger partial charge in [-0.3, -0.25) is 0 Å². The van der Waals surface area contributed by atoms with Crippen molar-refractivity contribution in [2.75, 3.05) is 5.75 Å². The zero-order valence-electron chi connectivity index (χ0n) is 6.44. The van der Waals surface area contributed by atoms with Crippen molar-refractivity contribution in [1.82, 2.24) is 9.55 Å². The summed E-state index contributed by atoms with van der Waals surface area (Å²) in [6.07, 6.45) is 8.56. The Kier molecular flexibility index (Phi) is 2.17. The van der Waals surface area contributed by atoms with Gasteiger partial charge in [0, 0.05) is 24.2 Å². The Bertz CT molecular complexity index is 202. The summed E-state index contributed by atoms with van der Waals surface area (Å²) >= 11 is 2.09. The molecule has 60 valence electrons. The molecule has 0 saturated carbocycles. The number of rotatable bonds is 2. The molecule has 1 aliphatic rings. The molecule has 3 heteroatoms. The Balaban J connectivity index is 1.90. The third kappa shape index (κ3) is 1.77. The van der Waals surface area contributed by atoms with Crippen LogP contribution in [0.4, 0.5) is 0 Å². The molecule has 1 aromatic heterocycles. The highest BCUT2D eigenvalue weighted by Crippen LogP contribution is 2.27. The monoisotopic (exact) mass is 168 g/mol. The highest BCUT2D eigenvalue weighted by atomic mass is 32.2. The molecule has 1 saturated heterocycles. The summed E-state index contributed by atoms with van der Waals surface area (Å²) < 4.78 is 2.17. The molecule has 1 aromatic rings. The first-order valence-electron chi connectivity index (χ1n) is 4.02. The molecule has 0 bridgehead atoms. The summed E-state index contributed by atoms with van der Waals surface area (Å²) in [5, 5.41) is 0.837. The summed E-state index contributed by atoms with van der Waals surface area (Å²) in [6, 6.07) is 0. The molecule has 0 spiro atoms. The molecular weight excluding hydrogens is 156 g/mol. The number of hydrogen-bond acceptors (Lipinski definition) is 2. The van der Waals surface area contributed by atoms with E-state index >= 15 is 0 Å². The third-order valence-electron chi connectivity index (χ3n) is 2.00. The van der Waals surface area contributed by atoms with Crippen LogP contribution in [0.15, 0.2) is 18.7 Å². The summed E-state index contributed by atoms with van der Waals surface area (Å²) in [4.78, 5) is 4.02. The molecule has 2 rings (SSSR count). The maximum atomic E-state index is 4.02. The van der Waals surface area contributed by atoms with E-state index in [1.165, 1.54) is 18.6 Å². The van der Waals surface area contributed by atoms with Gasteiger partial charge in [-0.1, -0.05) is 0 Å². The fourth-order valence-electron chi connectivity index (χ4n) is 1.42. The van der Waals surface area contributed by atoms with Crippen molar-refractivity contribution in [3.05, 3.63) is 18.7 Å². The highest BCUT2D eigenvalue weighted by Gasteiger charge is 2.15. The van der Waals surface area contributed by atoms with Crippen molar-refractivity contribution in [2.24, 2.45) is 0 Å². The lowest BCUT2D eigenvalue weighted by Gasteiger charge is -2.07. The van der Waals surface area contributed by atoms with Crippen LogP contribution < -0.4 is 0 Å². The van der Waals surface area contributed by atoms with Crippen molar-refractivity contribution in [2.45, 2.75) is 24.6 Å². The Morgan fingerprint density at radius 3 is 3.27 bits per heavy atom. The van der Waals surface area contributed by atoms with Gasteiger partial charge in [0.05, 0.1) is 6.33 Å². The lowest BCUT2D eigenvalue weighted by Crippen LogP contribution is -2.07. The van der Waals surface area contributed by atoms with Crippen LogP contribution in [0.5, 0.6) is 0 Å². The van der Waals surface area contributed by atoms with Gasteiger partial charge in [-0.25, -0.2) is 4.98 Å². The second-order valence-corrected chi connectivity index (χ2v) is 4.30. The van der Waals surface area contributed by atoms with Gasteiger partial charge in [-0.15, -0.1) is 0 Å². The van der Waals surface area contributed by atoms with Gasteiger partial charge in [-0.2, -0.15) is 11.8 Å². The first kappa shape index (κ1) is 7.22. The zero-order chi connectivity index (χ0) is 7.52. The van der Waals surface area contributed by atoms with E-state index < -0.39 is 0 Å². The van der Waals surface area contributed by atoms with Gasteiger partial charge in [0.25, 0.3) is 0 Å². The van der Waals surface area contributed by atoms with Crippen molar-refractivity contribution in [1.29, 1.82) is 0 Å². The number of thioether (sulfide) groups is 1. The first-order chi connectivity index (χ1) is 5.45. The lowest BCUT2D eigenvalue weighted by molar-refractivity contribution is 0.638. The number of nitrogens with zero attached hydrogens (tertiary/aromatic N) is 2. The molecule has 1 unspecified atom stereocenters. The van der Waals surface area contributed by atoms with Crippen LogP contribution in [0, 0.1) is 0 Å². The molecule has 0 aliphatic carbocycles. The topological polar surface area (TPSA) is 17.8 Å². The Labute approximate surface area is 71.0 Å². The second-order valence-electron chi connectivity index (χ2n) is 2.89. The van der Waals surface area contributed by atoms with Gasteiger partial charge in [0.15, 0.2) is 0 Å². The average Bonchev–Trinajstić information content (AvgIpc) is 2.60. The quantitative estimate of drug-likeness (QED) is 0.670. The summed E-state index contributed by atoms with van der Waals surface area (Å²) in [6.45, 7) is 1.14. The Morgan fingerprint density at radius 1 is 1.64 bits per heavy atom. The van der Waals surface area contributed by atoms with Gasteiger partial charge in [0.1, 0.15) is 0 Å². The largest absolute Gasteiger partial charge is 0.336 e. The normalized spacial score (nSPS) is 24.2. The van der Waals surface area contributed by atoms with Crippen LogP contribution in [0.25, 0.3) is 0 Å². The highest BCUT2D eigenvalue weighted by molar-refractivity contribution is 8.00. The molecule has 1 aliphatic heterocycles. The number of hydrogen-bond donors (Lipinski definition) is 0. The second kappa shape index (κ2) is 3.30. The van der Waals surface area contributed by atoms with Gasteiger partial charge in [0.2, 0.25) is 0 Å². The molecule has 0 N–H and O–H groups in total. The predicted octanol–water partition coefficient (Wildman–Crippen LogP) is 1.78. The minimum atomic E-state index is 0.837. The maximum absolute atomic E-state index is 4.02. The molecule has 0 aromatic carbocycles. The van der Waals surface area contributed by atoms with Crippen molar-refractivity contribution in [3.8, 4) is 0 Å². The molecule has 0 radical (unpaired) electrons. The summed E-state index contributed by atoms with van der Waals surface area (Å²) in [5.74, 6) is 1.35. The van der Waals surface area contributed by atoms with Crippen molar-refractivity contribution < 1.29 is 0 Å². The van der Waals surface area contributed by atoms with Gasteiger partial charge < -0.3 is 4.57 Å². The third-order valence-corrected chi connectivity index (χ3v) is 3.38. The lowest BCUT2D eigenvalue weighted by atomic mass is 10.2. The van der Waals surface area contributed by atoms with Crippen LogP contribution in [-0.4, -0.2) is 20.6 Å². The fraction of sp³-hybridized carbons (Fsp3) is 0.625. The van der Waals surface area contributed by atoms with Crippen LogP contribution in [0.3, 0.4) is 0 Å². The molecule has 1 atom stereocenters. The van der Waals surface area contributed by atoms with Crippen molar-refractivity contribution >= 4 is 11.8 Å². The molecule has 11 heavy (non-hydrogen) atoms. The van der Waals surface area contributed by atoms with E-state index in [-0.39, 0.29) is 0 Å². The summed E-state index contributed by atoms with van der Waals surface area (Å²) in [5.41, 5.74) is 0. The van der Waals surface area contributed by atoms with Crippen LogP contribution in [0.1, 0.15) is 12.8 Å². The number of aromatic nitrogens is 2. The average molecular weight is 168 g/mol. The minimum Gasteiger partial charge on any atom is -0.336 e. The van der Waals surface area contributed by atoms with E-state index in [0.29, 0.717) is 0 Å². The van der Waals surface area contributed by atoms with Gasteiger partial charge in [-0.05, 0) is 18.6 Å². The Morgan fingerprint density at radius 2 is 2.64 bits per heavy atom. The van der Waals surface area contributed by atoms with Crippen molar-refractivity contribution in [3.63, 3.8) is 0 Å². The van der Waals surface area contributed by atoms with E-state index in [1.54, 1.807) is 0 Å². The number of imidazole rings is 1. The molecule has 2 nitrogen and oxygen atoms in total. The van der Waals surface area contributed by atoms with E-state index in [0.717, 1.165) is 11.8 Å². The predicted molar refractivity (Wildman–Crippen MR) is 47.7 cm³/mol. The van der Waals surface area contributed by atoms with E-state index in [1.807, 2.05) is 18.7 Å². The molecule has 2 heterocycles. The first-order valence-corrected chi connectivity index (χ1v) is 5.07. The zero-order valence-corrected chi connectivity index (χ0v) is 7.26. The minimum absolute atomic E-state index is 0.837.